The van der Waals surface area contributed by atoms with Crippen molar-refractivity contribution < 1.29 is 14.3 Å². The smallest absolute Gasteiger partial charge is 0.226 e. The van der Waals surface area contributed by atoms with E-state index in [4.69, 9.17) is 9.47 Å². The summed E-state index contributed by atoms with van der Waals surface area (Å²) in [5.41, 5.74) is 2.63. The van der Waals surface area contributed by atoms with Gasteiger partial charge in [-0.2, -0.15) is 0 Å². The van der Waals surface area contributed by atoms with Crippen LogP contribution in [0, 0.1) is 0 Å². The number of aromatic nitrogens is 2. The van der Waals surface area contributed by atoms with Gasteiger partial charge < -0.3 is 14.8 Å². The molecule has 0 atom stereocenters. The Labute approximate surface area is 155 Å². The Bertz CT molecular complexity index is 881. The highest BCUT2D eigenvalue weighted by Gasteiger charge is 2.11. The van der Waals surface area contributed by atoms with Crippen molar-refractivity contribution >= 4 is 17.2 Å². The van der Waals surface area contributed by atoms with Crippen LogP contribution in [0.2, 0.25) is 0 Å². The molecule has 0 fully saturated rings. The number of rotatable bonds is 7. The van der Waals surface area contributed by atoms with E-state index in [1.165, 1.54) is 11.3 Å². The number of hydrogen-bond acceptors (Lipinski definition) is 6. The van der Waals surface area contributed by atoms with Gasteiger partial charge in [-0.1, -0.05) is 6.07 Å². The van der Waals surface area contributed by atoms with Crippen LogP contribution < -0.4 is 14.8 Å². The van der Waals surface area contributed by atoms with Crippen molar-refractivity contribution in [3.05, 3.63) is 59.4 Å². The van der Waals surface area contributed by atoms with Crippen molar-refractivity contribution in [2.45, 2.75) is 13.0 Å². The first kappa shape index (κ1) is 17.9. The van der Waals surface area contributed by atoms with Gasteiger partial charge in [-0.05, 0) is 29.8 Å². The second-order valence-corrected chi connectivity index (χ2v) is 6.39. The molecule has 2 heterocycles. The van der Waals surface area contributed by atoms with Crippen molar-refractivity contribution in [3.63, 3.8) is 0 Å². The van der Waals surface area contributed by atoms with Crippen LogP contribution in [0.3, 0.4) is 0 Å². The molecule has 0 aliphatic rings. The first-order valence-corrected chi connectivity index (χ1v) is 8.90. The highest BCUT2D eigenvalue weighted by molar-refractivity contribution is 7.13. The number of hydrogen-bond donors (Lipinski definition) is 1. The summed E-state index contributed by atoms with van der Waals surface area (Å²) in [7, 11) is 3.20. The van der Waals surface area contributed by atoms with Gasteiger partial charge in [0.1, 0.15) is 5.01 Å². The number of pyridine rings is 1. The number of ether oxygens (including phenoxy) is 2. The number of nitrogens with one attached hydrogen (secondary N) is 1. The van der Waals surface area contributed by atoms with Crippen molar-refractivity contribution in [3.8, 4) is 22.1 Å². The highest BCUT2D eigenvalue weighted by atomic mass is 32.1. The summed E-state index contributed by atoms with van der Waals surface area (Å²) < 4.78 is 10.6. The lowest BCUT2D eigenvalue weighted by Gasteiger charge is -2.08. The van der Waals surface area contributed by atoms with Gasteiger partial charge in [0, 0.05) is 29.9 Å². The summed E-state index contributed by atoms with van der Waals surface area (Å²) in [5.74, 6) is 1.25. The van der Waals surface area contributed by atoms with Gasteiger partial charge in [-0.3, -0.25) is 9.78 Å². The molecule has 0 aliphatic heterocycles. The fraction of sp³-hybridized carbons (Fsp3) is 0.211. The molecule has 0 saturated carbocycles. The number of benzene rings is 1. The lowest BCUT2D eigenvalue weighted by Crippen LogP contribution is -2.24. The van der Waals surface area contributed by atoms with E-state index in [0.717, 1.165) is 21.8 Å². The molecule has 6 nitrogen and oxygen atoms in total. The fourth-order valence-corrected chi connectivity index (χ4v) is 3.24. The minimum atomic E-state index is -0.0713. The van der Waals surface area contributed by atoms with Crippen LogP contribution in [0.5, 0.6) is 11.5 Å². The standard InChI is InChI=1S/C19H19N3O3S/c1-24-16-6-5-14(8-17(16)25-2)19-22-15(12-26-19)9-18(23)21-11-13-4-3-7-20-10-13/h3-8,10,12H,9,11H2,1-2H3,(H,21,23). The number of nitrogens with zero attached hydrogens (tertiary/aromatic N) is 2. The predicted octanol–water partition coefficient (Wildman–Crippen LogP) is 3.08. The average molecular weight is 369 g/mol. The van der Waals surface area contributed by atoms with E-state index in [9.17, 15) is 4.79 Å². The van der Waals surface area contributed by atoms with E-state index in [2.05, 4.69) is 15.3 Å². The molecular formula is C19H19N3O3S. The topological polar surface area (TPSA) is 73.3 Å². The van der Waals surface area contributed by atoms with E-state index in [-0.39, 0.29) is 12.3 Å². The second kappa shape index (κ2) is 8.44. The zero-order chi connectivity index (χ0) is 18.4. The Morgan fingerprint density at radius 3 is 2.77 bits per heavy atom. The van der Waals surface area contributed by atoms with Gasteiger partial charge >= 0.3 is 0 Å². The SMILES string of the molecule is COc1ccc(-c2nc(CC(=O)NCc3cccnc3)cs2)cc1OC. The third kappa shape index (κ3) is 4.37. The van der Waals surface area contributed by atoms with Crippen LogP contribution in [-0.4, -0.2) is 30.1 Å². The monoisotopic (exact) mass is 369 g/mol. The minimum Gasteiger partial charge on any atom is -0.493 e. The molecular weight excluding hydrogens is 350 g/mol. The zero-order valence-electron chi connectivity index (χ0n) is 14.6. The summed E-state index contributed by atoms with van der Waals surface area (Å²) in [5, 5.41) is 5.61. The average Bonchev–Trinajstić information content (AvgIpc) is 3.15. The molecule has 3 rings (SSSR count). The van der Waals surface area contributed by atoms with Gasteiger partial charge in [-0.25, -0.2) is 4.98 Å². The van der Waals surface area contributed by atoms with Crippen LogP contribution >= 0.6 is 11.3 Å². The predicted molar refractivity (Wildman–Crippen MR) is 100 cm³/mol. The molecule has 0 spiro atoms. The Morgan fingerprint density at radius 1 is 1.19 bits per heavy atom. The first-order valence-electron chi connectivity index (χ1n) is 8.02. The maximum atomic E-state index is 12.1. The van der Waals surface area contributed by atoms with Gasteiger partial charge in [0.05, 0.1) is 26.3 Å². The maximum absolute atomic E-state index is 12.1. The zero-order valence-corrected chi connectivity index (χ0v) is 15.4. The molecule has 3 aromatic rings. The number of methoxy groups -OCH3 is 2. The van der Waals surface area contributed by atoms with Crippen LogP contribution in [-0.2, 0) is 17.8 Å². The number of carbonyl (C=O) groups is 1. The van der Waals surface area contributed by atoms with E-state index in [1.54, 1.807) is 26.6 Å². The van der Waals surface area contributed by atoms with Crippen LogP contribution in [0.15, 0.2) is 48.1 Å². The summed E-state index contributed by atoms with van der Waals surface area (Å²) in [6.45, 7) is 0.458. The molecule has 0 unspecified atom stereocenters. The molecule has 1 aromatic carbocycles. The van der Waals surface area contributed by atoms with Crippen LogP contribution in [0.4, 0.5) is 0 Å². The summed E-state index contributed by atoms with van der Waals surface area (Å²) in [4.78, 5) is 20.7. The molecule has 0 radical (unpaired) electrons. The normalized spacial score (nSPS) is 10.4. The lowest BCUT2D eigenvalue weighted by molar-refractivity contribution is -0.120. The Morgan fingerprint density at radius 2 is 2.04 bits per heavy atom. The number of thiazole rings is 1. The quantitative estimate of drug-likeness (QED) is 0.693. The maximum Gasteiger partial charge on any atom is 0.226 e. The van der Waals surface area contributed by atoms with Crippen molar-refractivity contribution in [1.82, 2.24) is 15.3 Å². The van der Waals surface area contributed by atoms with Crippen molar-refractivity contribution in [2.24, 2.45) is 0 Å². The van der Waals surface area contributed by atoms with Crippen LogP contribution in [0.25, 0.3) is 10.6 Å². The van der Waals surface area contributed by atoms with Crippen molar-refractivity contribution in [2.75, 3.05) is 14.2 Å². The lowest BCUT2D eigenvalue weighted by atomic mass is 10.2. The largest absolute Gasteiger partial charge is 0.493 e. The Hall–Kier alpha value is -2.93. The van der Waals surface area contributed by atoms with Gasteiger partial charge in [0.2, 0.25) is 5.91 Å². The highest BCUT2D eigenvalue weighted by Crippen LogP contribution is 2.33. The number of amides is 1. The molecule has 134 valence electrons. The third-order valence-electron chi connectivity index (χ3n) is 3.74. The molecule has 0 aliphatic carbocycles. The van der Waals surface area contributed by atoms with E-state index in [1.807, 2.05) is 35.7 Å². The fourth-order valence-electron chi connectivity index (χ4n) is 2.42. The summed E-state index contributed by atoms with van der Waals surface area (Å²) in [6, 6.07) is 9.41. The van der Waals surface area contributed by atoms with Crippen molar-refractivity contribution in [1.29, 1.82) is 0 Å². The van der Waals surface area contributed by atoms with E-state index in [0.29, 0.717) is 18.0 Å². The first-order chi connectivity index (χ1) is 12.7. The molecule has 0 saturated heterocycles. The summed E-state index contributed by atoms with van der Waals surface area (Å²) >= 11 is 1.49. The molecule has 1 amide bonds. The van der Waals surface area contributed by atoms with E-state index < -0.39 is 0 Å². The minimum absolute atomic E-state index is 0.0713. The van der Waals surface area contributed by atoms with Crippen LogP contribution in [0.1, 0.15) is 11.3 Å². The molecule has 1 N–H and O–H groups in total. The Kier molecular flexibility index (Phi) is 5.80. The van der Waals surface area contributed by atoms with E-state index >= 15 is 0 Å². The third-order valence-corrected chi connectivity index (χ3v) is 4.68. The molecule has 26 heavy (non-hydrogen) atoms. The number of carbonyl (C=O) groups excluding carboxylic acids is 1. The second-order valence-electron chi connectivity index (χ2n) is 5.53. The van der Waals surface area contributed by atoms with Gasteiger partial charge in [0.25, 0.3) is 0 Å². The molecule has 0 bridgehead atoms. The van der Waals surface area contributed by atoms with Gasteiger partial charge in [-0.15, -0.1) is 11.3 Å². The van der Waals surface area contributed by atoms with Gasteiger partial charge in [0.15, 0.2) is 11.5 Å². The molecule has 2 aromatic heterocycles. The Balaban J connectivity index is 1.63. The summed E-state index contributed by atoms with van der Waals surface area (Å²) in [6.07, 6.45) is 3.68. The molecule has 7 heteroatoms.